The minimum atomic E-state index is -0.971. The molecule has 3 N–H and O–H groups in total. The third-order valence-corrected chi connectivity index (χ3v) is 3.68. The van der Waals surface area contributed by atoms with Crippen molar-refractivity contribution >= 4 is 11.3 Å². The van der Waals surface area contributed by atoms with Gasteiger partial charge < -0.3 is 20.2 Å². The van der Waals surface area contributed by atoms with E-state index in [0.717, 1.165) is 11.1 Å². The number of nitrogens with one attached hydrogen (secondary N) is 1. The van der Waals surface area contributed by atoms with Gasteiger partial charge in [-0.2, -0.15) is 0 Å². The summed E-state index contributed by atoms with van der Waals surface area (Å²) in [4.78, 5) is 0. The molecule has 0 bridgehead atoms. The van der Waals surface area contributed by atoms with E-state index in [9.17, 15) is 4.39 Å². The van der Waals surface area contributed by atoms with Crippen molar-refractivity contribution in [3.63, 3.8) is 0 Å². The summed E-state index contributed by atoms with van der Waals surface area (Å²) >= 11 is 0. The van der Waals surface area contributed by atoms with Crippen LogP contribution in [-0.2, 0) is 4.74 Å². The van der Waals surface area contributed by atoms with Crippen LogP contribution < -0.4 is 15.9 Å². The average Bonchev–Trinajstić information content (AvgIpc) is 3.06. The van der Waals surface area contributed by atoms with Gasteiger partial charge in [0.25, 0.3) is 0 Å². The van der Waals surface area contributed by atoms with Gasteiger partial charge in [-0.05, 0) is 11.6 Å². The lowest BCUT2D eigenvalue weighted by Gasteiger charge is -2.23. The van der Waals surface area contributed by atoms with Crippen LogP contribution in [0.4, 0.5) is 10.1 Å². The van der Waals surface area contributed by atoms with Gasteiger partial charge in [-0.25, -0.2) is 9.82 Å². The fourth-order valence-corrected chi connectivity index (χ4v) is 2.62. The Hall–Kier alpha value is -1.79. The van der Waals surface area contributed by atoms with Crippen LogP contribution in [0.5, 0.6) is 5.75 Å². The van der Waals surface area contributed by atoms with E-state index in [2.05, 4.69) is 5.43 Å². The monoisotopic (exact) mass is 279 g/mol. The summed E-state index contributed by atoms with van der Waals surface area (Å²) in [5, 5.41) is 1.79. The number of nitrogens with zero attached hydrogens (tertiary/aromatic N) is 1. The van der Waals surface area contributed by atoms with Crippen LogP contribution in [0.1, 0.15) is 5.56 Å². The number of hydrazine groups is 1. The highest BCUT2D eigenvalue weighted by Crippen LogP contribution is 2.33. The Balaban J connectivity index is 1.87. The first-order chi connectivity index (χ1) is 9.70. The lowest BCUT2D eigenvalue weighted by atomic mass is 10.1. The predicted molar refractivity (Wildman–Crippen MR) is 74.7 cm³/mol. The molecule has 1 saturated heterocycles. The number of alkyl halides is 1. The van der Waals surface area contributed by atoms with Gasteiger partial charge in [0.15, 0.2) is 0 Å². The van der Waals surface area contributed by atoms with Crippen LogP contribution in [0.2, 0.25) is 0 Å². The topological polar surface area (TPSA) is 59.8 Å². The van der Waals surface area contributed by atoms with E-state index < -0.39 is 6.17 Å². The summed E-state index contributed by atoms with van der Waals surface area (Å²) in [5.41, 5.74) is 11.6. The predicted octanol–water partition coefficient (Wildman–Crippen LogP) is 1.18. The fraction of sp³-hybridized carbons (Fsp3) is 0.429. The molecule has 2 aliphatic heterocycles. The maximum Gasteiger partial charge on any atom is 0.149 e. The molecule has 6 heteroatoms. The number of ether oxygens (including phenoxy) is 2. The zero-order valence-corrected chi connectivity index (χ0v) is 11.3. The van der Waals surface area contributed by atoms with Gasteiger partial charge in [-0.1, -0.05) is 12.1 Å². The van der Waals surface area contributed by atoms with E-state index in [4.69, 9.17) is 15.2 Å². The molecule has 5 nitrogen and oxygen atoms in total. The van der Waals surface area contributed by atoms with E-state index in [-0.39, 0.29) is 12.6 Å². The Labute approximate surface area is 117 Å². The second-order valence-corrected chi connectivity index (χ2v) is 4.95. The van der Waals surface area contributed by atoms with Gasteiger partial charge in [0, 0.05) is 18.3 Å². The first-order valence-corrected chi connectivity index (χ1v) is 6.58. The SMILES string of the molecule is COc1c(N)cccc1C1=CN([C@H]2COC[C@@H]2F)NC1. The normalized spacial score (nSPS) is 25.9. The molecule has 2 atom stereocenters. The van der Waals surface area contributed by atoms with Crippen LogP contribution in [-0.4, -0.2) is 44.1 Å². The minimum absolute atomic E-state index is 0.160. The first kappa shape index (κ1) is 13.2. The molecule has 108 valence electrons. The summed E-state index contributed by atoms with van der Waals surface area (Å²) in [6.07, 6.45) is 0.935. The van der Waals surface area contributed by atoms with E-state index in [1.165, 1.54) is 0 Å². The van der Waals surface area contributed by atoms with Gasteiger partial charge in [0.2, 0.25) is 0 Å². The van der Waals surface area contributed by atoms with Gasteiger partial charge >= 0.3 is 0 Å². The standard InChI is InChI=1S/C14H18FN3O2/c1-19-14-10(3-2-4-12(14)16)9-5-17-18(6-9)13-8-20-7-11(13)15/h2-4,6,11,13,17H,5,7-8,16H2,1H3/t11-,13-/m0/s1. The first-order valence-electron chi connectivity index (χ1n) is 6.58. The summed E-state index contributed by atoms with van der Waals surface area (Å²) in [7, 11) is 1.60. The molecular formula is C14H18FN3O2. The quantitative estimate of drug-likeness (QED) is 0.814. The maximum absolute atomic E-state index is 13.7. The number of nitrogen functional groups attached to an aromatic ring is 1. The largest absolute Gasteiger partial charge is 0.494 e. The molecule has 0 unspecified atom stereocenters. The van der Waals surface area contributed by atoms with Crippen molar-refractivity contribution in [2.45, 2.75) is 12.2 Å². The van der Waals surface area contributed by atoms with Gasteiger partial charge in [-0.3, -0.25) is 0 Å². The number of benzene rings is 1. The van der Waals surface area contributed by atoms with Gasteiger partial charge in [0.1, 0.15) is 18.0 Å². The van der Waals surface area contributed by atoms with Crippen molar-refractivity contribution < 1.29 is 13.9 Å². The van der Waals surface area contributed by atoms with Crippen LogP contribution in [0.3, 0.4) is 0 Å². The molecule has 2 aliphatic rings. The van der Waals surface area contributed by atoms with Crippen molar-refractivity contribution in [2.24, 2.45) is 0 Å². The van der Waals surface area contributed by atoms with Crippen molar-refractivity contribution in [3.05, 3.63) is 30.0 Å². The highest BCUT2D eigenvalue weighted by molar-refractivity contribution is 5.77. The Morgan fingerprint density at radius 3 is 3.00 bits per heavy atom. The average molecular weight is 279 g/mol. The van der Waals surface area contributed by atoms with Gasteiger partial charge in [0.05, 0.1) is 26.0 Å². The van der Waals surface area contributed by atoms with E-state index in [1.807, 2.05) is 18.3 Å². The zero-order valence-electron chi connectivity index (χ0n) is 11.3. The molecule has 20 heavy (non-hydrogen) atoms. The minimum Gasteiger partial charge on any atom is -0.494 e. The summed E-state index contributed by atoms with van der Waals surface area (Å²) in [6.45, 7) is 1.17. The second kappa shape index (κ2) is 5.30. The fourth-order valence-electron chi connectivity index (χ4n) is 2.62. The number of rotatable bonds is 3. The lowest BCUT2D eigenvalue weighted by Crippen LogP contribution is -2.43. The van der Waals surface area contributed by atoms with Gasteiger partial charge in [-0.15, -0.1) is 0 Å². The van der Waals surface area contributed by atoms with E-state index in [1.54, 1.807) is 18.2 Å². The molecule has 1 fully saturated rings. The molecular weight excluding hydrogens is 261 g/mol. The lowest BCUT2D eigenvalue weighted by molar-refractivity contribution is 0.148. The maximum atomic E-state index is 13.7. The Kier molecular flexibility index (Phi) is 3.50. The third-order valence-electron chi connectivity index (χ3n) is 3.68. The molecule has 0 aromatic heterocycles. The zero-order chi connectivity index (χ0) is 14.1. The van der Waals surface area contributed by atoms with Crippen LogP contribution in [0.15, 0.2) is 24.4 Å². The number of hydrogen-bond acceptors (Lipinski definition) is 5. The van der Waals surface area contributed by atoms with Crippen LogP contribution in [0, 0.1) is 0 Å². The molecule has 0 aliphatic carbocycles. The smallest absolute Gasteiger partial charge is 0.149 e. The molecule has 0 spiro atoms. The highest BCUT2D eigenvalue weighted by atomic mass is 19.1. The van der Waals surface area contributed by atoms with Crippen LogP contribution in [0.25, 0.3) is 5.57 Å². The van der Waals surface area contributed by atoms with Crippen molar-refractivity contribution in [1.29, 1.82) is 0 Å². The number of halogens is 1. The highest BCUT2D eigenvalue weighted by Gasteiger charge is 2.34. The van der Waals surface area contributed by atoms with E-state index >= 15 is 0 Å². The number of nitrogens with two attached hydrogens (primary N) is 1. The molecule has 3 rings (SSSR count). The molecule has 0 radical (unpaired) electrons. The Bertz CT molecular complexity index is 535. The Morgan fingerprint density at radius 1 is 1.45 bits per heavy atom. The van der Waals surface area contributed by atoms with Crippen LogP contribution >= 0.6 is 0 Å². The second-order valence-electron chi connectivity index (χ2n) is 4.95. The number of para-hydroxylation sites is 1. The summed E-state index contributed by atoms with van der Waals surface area (Å²) < 4.78 is 24.2. The van der Waals surface area contributed by atoms with Crippen molar-refractivity contribution in [2.75, 3.05) is 32.6 Å². The Morgan fingerprint density at radius 2 is 2.30 bits per heavy atom. The number of hydrogen-bond donors (Lipinski definition) is 2. The summed E-state index contributed by atoms with van der Waals surface area (Å²) in [5.74, 6) is 0.655. The number of anilines is 1. The van der Waals surface area contributed by atoms with Crippen molar-refractivity contribution in [1.82, 2.24) is 10.4 Å². The molecule has 1 aromatic rings. The molecule has 2 heterocycles. The van der Waals surface area contributed by atoms with E-state index in [0.29, 0.717) is 24.6 Å². The van der Waals surface area contributed by atoms with Crippen molar-refractivity contribution in [3.8, 4) is 5.75 Å². The molecule has 1 aromatic carbocycles. The summed E-state index contributed by atoms with van der Waals surface area (Å²) in [6, 6.07) is 5.35. The third kappa shape index (κ3) is 2.21. The molecule has 0 saturated carbocycles. The number of methoxy groups -OCH3 is 1. The molecule has 0 amide bonds.